The minimum absolute atomic E-state index is 0.0122. The molecular formula is C20H30N4O2. The van der Waals surface area contributed by atoms with Gasteiger partial charge in [-0.25, -0.2) is 9.97 Å². The van der Waals surface area contributed by atoms with Gasteiger partial charge in [-0.1, -0.05) is 19.3 Å². The summed E-state index contributed by atoms with van der Waals surface area (Å²) in [4.78, 5) is 25.6. The zero-order valence-corrected chi connectivity index (χ0v) is 15.7. The molecule has 0 aromatic carbocycles. The van der Waals surface area contributed by atoms with Crippen molar-refractivity contribution in [3.8, 4) is 0 Å². The summed E-state index contributed by atoms with van der Waals surface area (Å²) in [5.74, 6) is 0.800. The molecule has 3 heterocycles. The fourth-order valence-electron chi connectivity index (χ4n) is 4.98. The standard InChI is InChI=1S/C20H30N4O2/c1-15-21-11-16(12-22-15)19(25)24-10-8-20(26)7-9-23(13-17(20)14-24)18-5-3-2-4-6-18/h11-12,17-18,26H,2-10,13-14H2,1H3/t17-,20-/m0/s1. The van der Waals surface area contributed by atoms with Crippen LogP contribution in [0.25, 0.3) is 0 Å². The molecule has 4 rings (SSSR count). The quantitative estimate of drug-likeness (QED) is 0.876. The first-order valence-corrected chi connectivity index (χ1v) is 10.1. The molecule has 26 heavy (non-hydrogen) atoms. The summed E-state index contributed by atoms with van der Waals surface area (Å²) in [6, 6.07) is 0.671. The first-order chi connectivity index (χ1) is 12.5. The van der Waals surface area contributed by atoms with E-state index in [4.69, 9.17) is 0 Å². The summed E-state index contributed by atoms with van der Waals surface area (Å²) >= 11 is 0. The predicted octanol–water partition coefficient (Wildman–Crippen LogP) is 2.02. The summed E-state index contributed by atoms with van der Waals surface area (Å²) in [6.07, 6.45) is 11.3. The van der Waals surface area contributed by atoms with Crippen LogP contribution >= 0.6 is 0 Å². The van der Waals surface area contributed by atoms with E-state index in [1.165, 1.54) is 32.1 Å². The number of rotatable bonds is 2. The third-order valence-electron chi connectivity index (χ3n) is 6.71. The fraction of sp³-hybridized carbons (Fsp3) is 0.750. The molecule has 3 aliphatic rings. The van der Waals surface area contributed by atoms with E-state index in [0.717, 1.165) is 19.5 Å². The molecule has 6 nitrogen and oxygen atoms in total. The monoisotopic (exact) mass is 358 g/mol. The van der Waals surface area contributed by atoms with E-state index in [9.17, 15) is 9.90 Å². The Hall–Kier alpha value is -1.53. The molecule has 1 aromatic heterocycles. The minimum atomic E-state index is -0.605. The smallest absolute Gasteiger partial charge is 0.257 e. The van der Waals surface area contributed by atoms with Crippen LogP contribution in [-0.2, 0) is 0 Å². The molecule has 1 amide bonds. The number of piperidine rings is 2. The Balaban J connectivity index is 1.44. The van der Waals surface area contributed by atoms with Gasteiger partial charge >= 0.3 is 0 Å². The largest absolute Gasteiger partial charge is 0.389 e. The zero-order chi connectivity index (χ0) is 18.1. The van der Waals surface area contributed by atoms with Gasteiger partial charge < -0.3 is 10.0 Å². The van der Waals surface area contributed by atoms with Crippen molar-refractivity contribution < 1.29 is 9.90 Å². The first-order valence-electron chi connectivity index (χ1n) is 10.1. The maximum Gasteiger partial charge on any atom is 0.257 e. The highest BCUT2D eigenvalue weighted by Gasteiger charge is 2.46. The van der Waals surface area contributed by atoms with E-state index in [0.29, 0.717) is 36.9 Å². The second-order valence-corrected chi connectivity index (χ2v) is 8.36. The SMILES string of the molecule is Cc1ncc(C(=O)N2CC[C@@]3(O)CCN(C4CCCCC4)C[C@H]3C2)cn1. The molecule has 1 N–H and O–H groups in total. The van der Waals surface area contributed by atoms with Crippen LogP contribution in [0.2, 0.25) is 0 Å². The van der Waals surface area contributed by atoms with Gasteiger partial charge in [-0.15, -0.1) is 0 Å². The first kappa shape index (κ1) is 17.9. The number of aromatic nitrogens is 2. The number of fused-ring (bicyclic) bond motifs is 1. The highest BCUT2D eigenvalue weighted by molar-refractivity contribution is 5.93. The molecule has 0 bridgehead atoms. The van der Waals surface area contributed by atoms with Crippen molar-refractivity contribution in [2.75, 3.05) is 26.2 Å². The van der Waals surface area contributed by atoms with Crippen molar-refractivity contribution in [2.45, 2.75) is 63.5 Å². The number of amides is 1. The van der Waals surface area contributed by atoms with Gasteiger partial charge in [0.2, 0.25) is 0 Å². The second-order valence-electron chi connectivity index (χ2n) is 8.36. The van der Waals surface area contributed by atoms with Crippen LogP contribution in [0.15, 0.2) is 12.4 Å². The predicted molar refractivity (Wildman–Crippen MR) is 98.8 cm³/mol. The van der Waals surface area contributed by atoms with E-state index >= 15 is 0 Å². The number of carbonyl (C=O) groups is 1. The number of hydrogen-bond donors (Lipinski definition) is 1. The Morgan fingerprint density at radius 3 is 2.54 bits per heavy atom. The maximum atomic E-state index is 12.8. The lowest BCUT2D eigenvalue weighted by molar-refractivity contribution is -0.115. The topological polar surface area (TPSA) is 69.6 Å². The molecule has 142 valence electrons. The van der Waals surface area contributed by atoms with Gasteiger partial charge in [0.1, 0.15) is 5.82 Å². The van der Waals surface area contributed by atoms with Gasteiger partial charge in [-0.05, 0) is 32.6 Å². The molecule has 1 aliphatic carbocycles. The van der Waals surface area contributed by atoms with Crippen molar-refractivity contribution in [3.63, 3.8) is 0 Å². The Labute approximate surface area is 155 Å². The molecule has 2 saturated heterocycles. The Bertz CT molecular complexity index is 644. The van der Waals surface area contributed by atoms with Crippen molar-refractivity contribution in [1.82, 2.24) is 19.8 Å². The maximum absolute atomic E-state index is 12.8. The Kier molecular flexibility index (Phi) is 4.97. The van der Waals surface area contributed by atoms with Crippen molar-refractivity contribution in [2.24, 2.45) is 5.92 Å². The lowest BCUT2D eigenvalue weighted by atomic mass is 9.74. The zero-order valence-electron chi connectivity index (χ0n) is 15.7. The number of hydrogen-bond acceptors (Lipinski definition) is 5. The van der Waals surface area contributed by atoms with Crippen molar-refractivity contribution >= 4 is 5.91 Å². The molecule has 6 heteroatoms. The molecular weight excluding hydrogens is 328 g/mol. The average molecular weight is 358 g/mol. The summed E-state index contributed by atoms with van der Waals surface area (Å²) in [6.45, 7) is 4.97. The number of nitrogens with zero attached hydrogens (tertiary/aromatic N) is 4. The Morgan fingerprint density at radius 2 is 1.81 bits per heavy atom. The number of aliphatic hydroxyl groups is 1. The van der Waals surface area contributed by atoms with Gasteiger partial charge in [0.15, 0.2) is 0 Å². The van der Waals surface area contributed by atoms with Crippen LogP contribution in [0.4, 0.5) is 0 Å². The summed E-state index contributed by atoms with van der Waals surface area (Å²) in [7, 11) is 0. The number of likely N-dealkylation sites (tertiary alicyclic amines) is 2. The van der Waals surface area contributed by atoms with Crippen LogP contribution in [0.1, 0.15) is 61.1 Å². The van der Waals surface area contributed by atoms with Crippen LogP contribution in [0.5, 0.6) is 0 Å². The number of aryl methyl sites for hydroxylation is 1. The summed E-state index contributed by atoms with van der Waals surface area (Å²) in [5.41, 5.74) is -0.0629. The molecule has 1 saturated carbocycles. The molecule has 0 spiro atoms. The normalized spacial score (nSPS) is 30.8. The van der Waals surface area contributed by atoms with Gasteiger partial charge in [0, 0.05) is 50.5 Å². The van der Waals surface area contributed by atoms with E-state index < -0.39 is 5.60 Å². The summed E-state index contributed by atoms with van der Waals surface area (Å²) < 4.78 is 0. The third kappa shape index (κ3) is 3.49. The van der Waals surface area contributed by atoms with E-state index in [-0.39, 0.29) is 11.8 Å². The van der Waals surface area contributed by atoms with Gasteiger partial charge in [-0.3, -0.25) is 9.69 Å². The average Bonchev–Trinajstić information content (AvgIpc) is 2.68. The van der Waals surface area contributed by atoms with Crippen LogP contribution < -0.4 is 0 Å². The lowest BCUT2D eigenvalue weighted by Crippen LogP contribution is -2.62. The van der Waals surface area contributed by atoms with E-state index in [1.54, 1.807) is 12.4 Å². The molecule has 2 atom stereocenters. The molecule has 0 radical (unpaired) electrons. The molecule has 0 unspecified atom stereocenters. The van der Waals surface area contributed by atoms with Crippen molar-refractivity contribution in [3.05, 3.63) is 23.8 Å². The summed E-state index contributed by atoms with van der Waals surface area (Å²) in [5, 5.41) is 11.1. The number of carbonyl (C=O) groups excluding carboxylic acids is 1. The highest BCUT2D eigenvalue weighted by atomic mass is 16.3. The van der Waals surface area contributed by atoms with Gasteiger partial charge in [0.25, 0.3) is 5.91 Å². The van der Waals surface area contributed by atoms with Crippen LogP contribution in [0.3, 0.4) is 0 Å². The van der Waals surface area contributed by atoms with Crippen LogP contribution in [-0.4, -0.2) is 68.6 Å². The lowest BCUT2D eigenvalue weighted by Gasteiger charge is -2.52. The second kappa shape index (κ2) is 7.24. The Morgan fingerprint density at radius 1 is 1.12 bits per heavy atom. The molecule has 3 fully saturated rings. The fourth-order valence-corrected chi connectivity index (χ4v) is 4.98. The third-order valence-corrected chi connectivity index (χ3v) is 6.71. The van der Waals surface area contributed by atoms with E-state index in [2.05, 4.69) is 14.9 Å². The van der Waals surface area contributed by atoms with Gasteiger partial charge in [-0.2, -0.15) is 0 Å². The minimum Gasteiger partial charge on any atom is -0.389 e. The molecule has 2 aliphatic heterocycles. The highest BCUT2D eigenvalue weighted by Crippen LogP contribution is 2.38. The van der Waals surface area contributed by atoms with Crippen molar-refractivity contribution in [1.29, 1.82) is 0 Å². The molecule has 1 aromatic rings. The van der Waals surface area contributed by atoms with Gasteiger partial charge in [0.05, 0.1) is 11.2 Å². The van der Waals surface area contributed by atoms with Crippen LogP contribution in [0, 0.1) is 12.8 Å². The van der Waals surface area contributed by atoms with E-state index in [1.807, 2.05) is 11.8 Å².